The summed E-state index contributed by atoms with van der Waals surface area (Å²) in [4.78, 5) is 44.1. The molecule has 0 atom stereocenters. The summed E-state index contributed by atoms with van der Waals surface area (Å²) in [6.45, 7) is 3.09. The molecule has 0 aliphatic heterocycles. The van der Waals surface area contributed by atoms with Gasteiger partial charge < -0.3 is 9.40 Å². The molecule has 3 aromatic heterocycles. The maximum Gasteiger partial charge on any atom is 0.331 e. The number of benzene rings is 3. The van der Waals surface area contributed by atoms with Crippen molar-refractivity contribution in [1.82, 2.24) is 4.57 Å². The summed E-state index contributed by atoms with van der Waals surface area (Å²) in [5.41, 5.74) is 5.38. The molecule has 6 aromatic rings. The Labute approximate surface area is 244 Å². The Bertz CT molecular complexity index is 1950. The minimum Gasteiger partial charge on any atom is -0.318 e. The van der Waals surface area contributed by atoms with Crippen LogP contribution in [0.15, 0.2) is 101 Å². The van der Waals surface area contributed by atoms with Gasteiger partial charge in [0.1, 0.15) is 0 Å². The Kier molecular flexibility index (Phi) is 7.17. The predicted molar refractivity (Wildman–Crippen MR) is 165 cm³/mol. The first-order valence-corrected chi connectivity index (χ1v) is 14.7. The molecule has 3 heterocycles. The van der Waals surface area contributed by atoms with E-state index in [2.05, 4.69) is 9.72 Å². The quantitative estimate of drug-likeness (QED) is 0.0800. The molecule has 6 rings (SSSR count). The van der Waals surface area contributed by atoms with Gasteiger partial charge in [0, 0.05) is 45.8 Å². The van der Waals surface area contributed by atoms with Crippen LogP contribution >= 0.6 is 22.7 Å². The summed E-state index contributed by atoms with van der Waals surface area (Å²) >= 11 is 2.99. The Balaban J connectivity index is 1.48. The van der Waals surface area contributed by atoms with Gasteiger partial charge in [-0.25, -0.2) is 4.79 Å². The first-order chi connectivity index (χ1) is 19.9. The zero-order chi connectivity index (χ0) is 28.5. The number of rotatable bonds is 8. The highest BCUT2D eigenvalue weighted by atomic mass is 32.1. The lowest BCUT2D eigenvalue weighted by molar-refractivity contribution is -0.140. The zero-order valence-corrected chi connectivity index (χ0v) is 23.9. The Morgan fingerprint density at radius 1 is 0.756 bits per heavy atom. The highest BCUT2D eigenvalue weighted by Crippen LogP contribution is 2.34. The van der Waals surface area contributed by atoms with E-state index in [0.29, 0.717) is 28.1 Å². The number of carbonyl (C=O) groups excluding carboxylic acids is 3. The van der Waals surface area contributed by atoms with E-state index in [0.717, 1.165) is 37.9 Å². The van der Waals surface area contributed by atoms with Crippen molar-refractivity contribution in [3.63, 3.8) is 0 Å². The van der Waals surface area contributed by atoms with Crippen molar-refractivity contribution < 1.29 is 19.2 Å². The topological polar surface area (TPSA) is 77.7 Å². The van der Waals surface area contributed by atoms with E-state index in [-0.39, 0.29) is 11.6 Å². The molecule has 3 aromatic carbocycles. The fourth-order valence-electron chi connectivity index (χ4n) is 4.88. The molecule has 0 amide bonds. The predicted octanol–water partition coefficient (Wildman–Crippen LogP) is 7.85. The van der Waals surface area contributed by atoms with Gasteiger partial charge in [-0.3, -0.25) is 9.59 Å². The van der Waals surface area contributed by atoms with Crippen LogP contribution in [0, 0.1) is 0 Å². The van der Waals surface area contributed by atoms with Crippen molar-refractivity contribution in [2.75, 3.05) is 0 Å². The van der Waals surface area contributed by atoms with Gasteiger partial charge in [0.2, 0.25) is 5.78 Å². The molecule has 0 aliphatic carbocycles. The molecule has 0 saturated carbocycles. The molecule has 0 spiro atoms. The average Bonchev–Trinajstić information content (AvgIpc) is 3.76. The van der Waals surface area contributed by atoms with Gasteiger partial charge in [0.15, 0.2) is 5.78 Å². The molecule has 0 radical (unpaired) electrons. The lowest BCUT2D eigenvalue weighted by atomic mass is 10.0. The van der Waals surface area contributed by atoms with Crippen molar-refractivity contribution in [2.24, 2.45) is 5.16 Å². The minimum atomic E-state index is -0.476. The lowest BCUT2D eigenvalue weighted by Crippen LogP contribution is -2.02. The summed E-state index contributed by atoms with van der Waals surface area (Å²) in [6, 6.07) is 26.9. The summed E-state index contributed by atoms with van der Waals surface area (Å²) in [7, 11) is 0. The van der Waals surface area contributed by atoms with Gasteiger partial charge in [0.25, 0.3) is 0 Å². The van der Waals surface area contributed by atoms with Crippen LogP contribution in [0.1, 0.15) is 49.9 Å². The fraction of sp³-hybridized carbons (Fsp3) is 0.0909. The number of fused-ring (bicyclic) bond motifs is 3. The number of carbonyl (C=O) groups is 3. The number of nitrogens with zero attached hydrogens (tertiary/aromatic N) is 2. The molecule has 0 unspecified atom stereocenters. The van der Waals surface area contributed by atoms with E-state index in [1.807, 2.05) is 95.7 Å². The van der Waals surface area contributed by atoms with Crippen LogP contribution in [0.3, 0.4) is 0 Å². The molecule has 202 valence electrons. The van der Waals surface area contributed by atoms with E-state index < -0.39 is 5.97 Å². The maximum absolute atomic E-state index is 13.2. The van der Waals surface area contributed by atoms with Crippen LogP contribution < -0.4 is 0 Å². The average molecular weight is 577 g/mol. The molecule has 41 heavy (non-hydrogen) atoms. The van der Waals surface area contributed by atoms with Gasteiger partial charge in [0.05, 0.1) is 21.6 Å². The third-order valence-electron chi connectivity index (χ3n) is 6.86. The molecule has 6 nitrogen and oxygen atoms in total. The van der Waals surface area contributed by atoms with E-state index in [1.165, 1.54) is 18.3 Å². The third kappa shape index (κ3) is 5.27. The first-order valence-electron chi connectivity index (χ1n) is 12.9. The molecule has 0 fully saturated rings. The smallest absolute Gasteiger partial charge is 0.318 e. The number of Topliss-reactive ketones (excluding diaryl/α,β-unsaturated/α-hetero) is 1. The lowest BCUT2D eigenvalue weighted by Gasteiger charge is -2.10. The number of thiophene rings is 2. The van der Waals surface area contributed by atoms with Gasteiger partial charge in [-0.1, -0.05) is 29.4 Å². The van der Waals surface area contributed by atoms with Gasteiger partial charge in [-0.15, -0.1) is 22.7 Å². The van der Waals surface area contributed by atoms with Crippen LogP contribution in [0.4, 0.5) is 0 Å². The zero-order valence-electron chi connectivity index (χ0n) is 22.3. The Morgan fingerprint density at radius 3 is 2.02 bits per heavy atom. The van der Waals surface area contributed by atoms with E-state index >= 15 is 0 Å². The van der Waals surface area contributed by atoms with Crippen LogP contribution in [0.25, 0.3) is 27.5 Å². The Hall–Kier alpha value is -4.66. The van der Waals surface area contributed by atoms with Gasteiger partial charge in [-0.2, -0.15) is 0 Å². The Morgan fingerprint density at radius 2 is 1.39 bits per heavy atom. The van der Waals surface area contributed by atoms with Gasteiger partial charge in [-0.05, 0) is 83.9 Å². The van der Waals surface area contributed by atoms with Crippen LogP contribution in [-0.4, -0.2) is 27.8 Å². The van der Waals surface area contributed by atoms with Crippen LogP contribution in [0.2, 0.25) is 0 Å². The molecule has 0 bridgehead atoms. The standard InChI is InChI=1S/C33H24N2O4S2/c1-20(34-39-21(2)36)22-7-11-25(12-8-22)35-29-13-9-23(31(37)19-26-5-3-15-40-26)17-27(29)28-18-24(10-14-30(28)35)33(38)32-6-4-16-41-32/h3-18H,19H2,1-2H3. The minimum absolute atomic E-state index is 0.0281. The summed E-state index contributed by atoms with van der Waals surface area (Å²) in [5.74, 6) is -0.455. The maximum atomic E-state index is 13.2. The number of hydrogen-bond donors (Lipinski definition) is 0. The van der Waals surface area contributed by atoms with E-state index in [9.17, 15) is 14.4 Å². The molecular weight excluding hydrogens is 553 g/mol. The van der Waals surface area contributed by atoms with Crippen molar-refractivity contribution in [2.45, 2.75) is 20.3 Å². The number of ketones is 2. The second kappa shape index (κ2) is 11.1. The number of aromatic nitrogens is 1. The van der Waals surface area contributed by atoms with Crippen LogP contribution in [-0.2, 0) is 16.1 Å². The molecule has 0 saturated heterocycles. The molecule has 0 aliphatic rings. The highest BCUT2D eigenvalue weighted by molar-refractivity contribution is 7.12. The molecular formula is C33H24N2O4S2. The van der Waals surface area contributed by atoms with Crippen molar-refractivity contribution in [3.05, 3.63) is 122 Å². The monoisotopic (exact) mass is 576 g/mol. The summed E-state index contributed by atoms with van der Waals surface area (Å²) in [6.07, 6.45) is 0.347. The van der Waals surface area contributed by atoms with Gasteiger partial charge >= 0.3 is 5.97 Å². The number of hydrogen-bond acceptors (Lipinski definition) is 7. The van der Waals surface area contributed by atoms with E-state index in [4.69, 9.17) is 4.84 Å². The molecule has 0 N–H and O–H groups in total. The first kappa shape index (κ1) is 26.6. The SMILES string of the molecule is CC(=O)ON=C(C)c1ccc(-n2c3ccc(C(=O)Cc4cccs4)cc3c3cc(C(=O)c4cccs4)ccc32)cc1. The highest BCUT2D eigenvalue weighted by Gasteiger charge is 2.18. The van der Waals surface area contributed by atoms with Crippen LogP contribution in [0.5, 0.6) is 0 Å². The summed E-state index contributed by atoms with van der Waals surface area (Å²) in [5, 5.41) is 9.54. The number of oxime groups is 1. The third-order valence-corrected chi connectivity index (χ3v) is 8.61. The van der Waals surface area contributed by atoms with E-state index in [1.54, 1.807) is 18.3 Å². The largest absolute Gasteiger partial charge is 0.331 e. The second-order valence-electron chi connectivity index (χ2n) is 9.59. The van der Waals surface area contributed by atoms with Crippen molar-refractivity contribution in [3.8, 4) is 5.69 Å². The van der Waals surface area contributed by atoms with Crippen molar-refractivity contribution in [1.29, 1.82) is 0 Å². The second-order valence-corrected chi connectivity index (χ2v) is 11.6. The fourth-order valence-corrected chi connectivity index (χ4v) is 6.27. The summed E-state index contributed by atoms with van der Waals surface area (Å²) < 4.78 is 2.12. The molecule has 8 heteroatoms. The normalized spacial score (nSPS) is 11.7. The van der Waals surface area contributed by atoms with Crippen molar-refractivity contribution >= 4 is 67.7 Å².